The van der Waals surface area contributed by atoms with E-state index in [1.807, 2.05) is 31.2 Å². The number of aryl methyl sites for hydroxylation is 2. The van der Waals surface area contributed by atoms with E-state index in [4.69, 9.17) is 4.74 Å². The lowest BCUT2D eigenvalue weighted by molar-refractivity contribution is 0.325. The molecule has 0 radical (unpaired) electrons. The Morgan fingerprint density at radius 1 is 1.36 bits per heavy atom. The Balaban J connectivity index is 1.94. The quantitative estimate of drug-likeness (QED) is 0.934. The van der Waals surface area contributed by atoms with Crippen LogP contribution in [-0.2, 0) is 16.6 Å². The summed E-state index contributed by atoms with van der Waals surface area (Å²) in [6.07, 6.45) is 0. The molecule has 118 valence electrons. The van der Waals surface area contributed by atoms with Crippen LogP contribution >= 0.6 is 0 Å². The lowest BCUT2D eigenvalue weighted by atomic mass is 10.1. The molecule has 0 fully saturated rings. The van der Waals surface area contributed by atoms with Gasteiger partial charge in [-0.3, -0.25) is 4.68 Å². The number of ether oxygens (including phenoxy) is 1. The molecule has 1 unspecified atom stereocenters. The van der Waals surface area contributed by atoms with Crippen LogP contribution in [0.1, 0.15) is 29.9 Å². The maximum Gasteiger partial charge on any atom is 0.244 e. The van der Waals surface area contributed by atoms with Gasteiger partial charge in [-0.1, -0.05) is 18.2 Å². The summed E-state index contributed by atoms with van der Waals surface area (Å²) in [6.45, 7) is 6.37. The van der Waals surface area contributed by atoms with Gasteiger partial charge in [0.2, 0.25) is 10.0 Å². The molecule has 22 heavy (non-hydrogen) atoms. The molecule has 0 bridgehead atoms. The third-order valence-corrected chi connectivity index (χ3v) is 5.60. The predicted octanol–water partition coefficient (Wildman–Crippen LogP) is 1.93. The fraction of sp³-hybridized carbons (Fsp3) is 0.400. The van der Waals surface area contributed by atoms with E-state index in [1.165, 1.54) is 0 Å². The zero-order valence-electron chi connectivity index (χ0n) is 12.8. The van der Waals surface area contributed by atoms with Gasteiger partial charge in [-0.15, -0.1) is 0 Å². The number of hydrogen-bond acceptors (Lipinski definition) is 4. The van der Waals surface area contributed by atoms with E-state index in [1.54, 1.807) is 18.5 Å². The molecule has 6 nitrogen and oxygen atoms in total. The van der Waals surface area contributed by atoms with Crippen molar-refractivity contribution in [2.45, 2.75) is 38.3 Å². The molecule has 7 heteroatoms. The van der Waals surface area contributed by atoms with Crippen LogP contribution in [0.4, 0.5) is 0 Å². The fourth-order valence-electron chi connectivity index (χ4n) is 2.88. The van der Waals surface area contributed by atoms with E-state index in [-0.39, 0.29) is 10.9 Å². The minimum atomic E-state index is -3.65. The van der Waals surface area contributed by atoms with Crippen molar-refractivity contribution in [1.82, 2.24) is 14.5 Å². The summed E-state index contributed by atoms with van der Waals surface area (Å²) in [5, 5.41) is 4.28. The summed E-state index contributed by atoms with van der Waals surface area (Å²) in [4.78, 5) is 0.263. The Bertz CT molecular complexity index is 811. The molecule has 3 rings (SSSR count). The van der Waals surface area contributed by atoms with E-state index in [0.717, 1.165) is 11.3 Å². The molecule has 0 amide bonds. The first-order valence-electron chi connectivity index (χ1n) is 7.22. The van der Waals surface area contributed by atoms with Crippen molar-refractivity contribution in [2.24, 2.45) is 0 Å². The Hall–Kier alpha value is -1.86. The molecule has 2 aromatic rings. The topological polar surface area (TPSA) is 73.2 Å². The summed E-state index contributed by atoms with van der Waals surface area (Å²) in [5.74, 6) is 0.730. The lowest BCUT2D eigenvalue weighted by Crippen LogP contribution is -2.30. The highest BCUT2D eigenvalue weighted by Gasteiger charge is 2.31. The van der Waals surface area contributed by atoms with Crippen LogP contribution in [0.3, 0.4) is 0 Å². The number of rotatable bonds is 4. The molecule has 1 aliphatic heterocycles. The van der Waals surface area contributed by atoms with Crippen molar-refractivity contribution in [2.75, 3.05) is 6.61 Å². The van der Waals surface area contributed by atoms with E-state index >= 15 is 0 Å². The van der Waals surface area contributed by atoms with Gasteiger partial charge in [-0.2, -0.15) is 9.82 Å². The molecule has 1 aromatic heterocycles. The van der Waals surface area contributed by atoms with Gasteiger partial charge in [0.05, 0.1) is 17.4 Å². The number of fused-ring (bicyclic) bond motifs is 1. The van der Waals surface area contributed by atoms with Crippen molar-refractivity contribution < 1.29 is 13.2 Å². The first kappa shape index (κ1) is 15.1. The van der Waals surface area contributed by atoms with Gasteiger partial charge in [-0.25, -0.2) is 8.42 Å². The summed E-state index contributed by atoms with van der Waals surface area (Å²) in [7, 11) is -3.65. The van der Waals surface area contributed by atoms with Gasteiger partial charge in [0.1, 0.15) is 17.3 Å². The SMILES string of the molecule is CCn1nc(C)c(S(=O)(=O)NC2COc3ccccc32)c1C. The van der Waals surface area contributed by atoms with Crippen LogP contribution in [0.15, 0.2) is 29.2 Å². The zero-order chi connectivity index (χ0) is 15.9. The largest absolute Gasteiger partial charge is 0.491 e. The molecule has 0 spiro atoms. The molecule has 2 heterocycles. The predicted molar refractivity (Wildman–Crippen MR) is 82.4 cm³/mol. The average molecular weight is 321 g/mol. The maximum absolute atomic E-state index is 12.7. The summed E-state index contributed by atoms with van der Waals surface area (Å²) in [5.41, 5.74) is 2.03. The van der Waals surface area contributed by atoms with Crippen LogP contribution in [0.25, 0.3) is 0 Å². The second-order valence-corrected chi connectivity index (χ2v) is 6.99. The highest BCUT2D eigenvalue weighted by atomic mass is 32.2. The van der Waals surface area contributed by atoms with Crippen molar-refractivity contribution in [3.63, 3.8) is 0 Å². The third-order valence-electron chi connectivity index (χ3n) is 3.88. The molecule has 1 atom stereocenters. The highest BCUT2D eigenvalue weighted by Crippen LogP contribution is 2.33. The molecule has 0 saturated carbocycles. The summed E-state index contributed by atoms with van der Waals surface area (Å²) >= 11 is 0. The fourth-order valence-corrected chi connectivity index (χ4v) is 4.50. The smallest absolute Gasteiger partial charge is 0.244 e. The van der Waals surface area contributed by atoms with E-state index < -0.39 is 10.0 Å². The maximum atomic E-state index is 12.7. The molecule has 0 saturated heterocycles. The van der Waals surface area contributed by atoms with Gasteiger partial charge < -0.3 is 4.74 Å². The van der Waals surface area contributed by atoms with E-state index in [0.29, 0.717) is 24.5 Å². The van der Waals surface area contributed by atoms with Gasteiger partial charge in [0, 0.05) is 12.1 Å². The minimum Gasteiger partial charge on any atom is -0.491 e. The number of nitrogens with one attached hydrogen (secondary N) is 1. The van der Waals surface area contributed by atoms with Gasteiger partial charge in [0.25, 0.3) is 0 Å². The number of benzene rings is 1. The number of sulfonamides is 1. The van der Waals surface area contributed by atoms with Crippen LogP contribution in [0.2, 0.25) is 0 Å². The van der Waals surface area contributed by atoms with Crippen molar-refractivity contribution >= 4 is 10.0 Å². The molecule has 1 N–H and O–H groups in total. The van der Waals surface area contributed by atoms with Crippen LogP contribution in [0.5, 0.6) is 5.75 Å². The zero-order valence-corrected chi connectivity index (χ0v) is 13.6. The number of para-hydroxylation sites is 1. The van der Waals surface area contributed by atoms with Gasteiger partial charge in [0.15, 0.2) is 0 Å². The monoisotopic (exact) mass is 321 g/mol. The number of aromatic nitrogens is 2. The minimum absolute atomic E-state index is 0.263. The van der Waals surface area contributed by atoms with Crippen molar-refractivity contribution in [3.8, 4) is 5.75 Å². The van der Waals surface area contributed by atoms with E-state index in [9.17, 15) is 8.42 Å². The Morgan fingerprint density at radius 3 is 2.77 bits per heavy atom. The Morgan fingerprint density at radius 2 is 2.09 bits per heavy atom. The molecule has 0 aliphatic carbocycles. The summed E-state index contributed by atoms with van der Waals surface area (Å²) in [6, 6.07) is 7.10. The standard InChI is InChI=1S/C15H19N3O3S/c1-4-18-11(3)15(10(2)16-18)22(19,20)17-13-9-21-14-8-6-5-7-12(13)14/h5-8,13,17H,4,9H2,1-3H3. The summed E-state index contributed by atoms with van der Waals surface area (Å²) < 4.78 is 35.5. The highest BCUT2D eigenvalue weighted by molar-refractivity contribution is 7.89. The van der Waals surface area contributed by atoms with E-state index in [2.05, 4.69) is 9.82 Å². The first-order valence-corrected chi connectivity index (χ1v) is 8.70. The van der Waals surface area contributed by atoms with Crippen LogP contribution in [-0.4, -0.2) is 24.8 Å². The molecular formula is C15H19N3O3S. The Kier molecular flexibility index (Phi) is 3.70. The second-order valence-electron chi connectivity index (χ2n) is 5.34. The van der Waals surface area contributed by atoms with Crippen LogP contribution in [0, 0.1) is 13.8 Å². The van der Waals surface area contributed by atoms with Crippen molar-refractivity contribution in [3.05, 3.63) is 41.2 Å². The van der Waals surface area contributed by atoms with Crippen LogP contribution < -0.4 is 9.46 Å². The lowest BCUT2D eigenvalue weighted by Gasteiger charge is -2.12. The average Bonchev–Trinajstić information content (AvgIpc) is 3.00. The van der Waals surface area contributed by atoms with Gasteiger partial charge in [-0.05, 0) is 26.8 Å². The molecule has 1 aliphatic rings. The van der Waals surface area contributed by atoms with Crippen molar-refractivity contribution in [1.29, 1.82) is 0 Å². The normalized spacial score (nSPS) is 17.3. The first-order chi connectivity index (χ1) is 10.4. The number of hydrogen-bond donors (Lipinski definition) is 1. The van der Waals surface area contributed by atoms with Gasteiger partial charge >= 0.3 is 0 Å². The molecular weight excluding hydrogens is 302 g/mol. The molecule has 1 aromatic carbocycles. The number of nitrogens with zero attached hydrogens (tertiary/aromatic N) is 2. The Labute approximate surface area is 130 Å². The third kappa shape index (κ3) is 2.40. The second kappa shape index (κ2) is 5.40.